The molecule has 0 aliphatic rings. The van der Waals surface area contributed by atoms with E-state index in [2.05, 4.69) is 13.2 Å². The van der Waals surface area contributed by atoms with Gasteiger partial charge < -0.3 is 18.9 Å². The van der Waals surface area contributed by atoms with Crippen molar-refractivity contribution in [1.82, 2.24) is 0 Å². The number of thioether (sulfide) groups is 2. The van der Waals surface area contributed by atoms with Crippen molar-refractivity contribution in [1.29, 1.82) is 0 Å². The average Bonchev–Trinajstić information content (AvgIpc) is 3.07. The van der Waals surface area contributed by atoms with Crippen LogP contribution in [0.15, 0.2) is 132 Å². The largest absolute Gasteiger partial charge is 0.490 e. The first-order chi connectivity index (χ1) is 21.4. The van der Waals surface area contributed by atoms with Gasteiger partial charge in [-0.15, -0.1) is 23.5 Å². The number of esters is 3. The monoisotopic (exact) mass is 628 g/mol. The Morgan fingerprint density at radius 3 is 1.75 bits per heavy atom. The third-order valence-electron chi connectivity index (χ3n) is 6.14. The highest BCUT2D eigenvalue weighted by molar-refractivity contribution is 7.99. The summed E-state index contributed by atoms with van der Waals surface area (Å²) in [5.74, 6) is -0.0924. The molecule has 4 rings (SSSR count). The minimum absolute atomic E-state index is 0.0940. The molecule has 0 aromatic heterocycles. The molecule has 0 spiro atoms. The summed E-state index contributed by atoms with van der Waals surface area (Å²) in [5, 5.41) is 1.67. The highest BCUT2D eigenvalue weighted by Gasteiger charge is 2.18. The average molecular weight is 629 g/mol. The van der Waals surface area contributed by atoms with Crippen molar-refractivity contribution in [2.75, 3.05) is 24.7 Å². The van der Waals surface area contributed by atoms with E-state index >= 15 is 0 Å². The molecule has 44 heavy (non-hydrogen) atoms. The summed E-state index contributed by atoms with van der Waals surface area (Å²) in [6.07, 6.45) is 1.09. The first kappa shape index (κ1) is 32.4. The van der Waals surface area contributed by atoms with Crippen LogP contribution in [-0.2, 0) is 23.8 Å². The maximum Gasteiger partial charge on any atom is 0.338 e. The number of benzene rings is 4. The van der Waals surface area contributed by atoms with Crippen molar-refractivity contribution in [2.24, 2.45) is 0 Å². The van der Waals surface area contributed by atoms with Gasteiger partial charge in [0.25, 0.3) is 0 Å². The summed E-state index contributed by atoms with van der Waals surface area (Å²) in [7, 11) is 0. The van der Waals surface area contributed by atoms with E-state index in [0.29, 0.717) is 22.8 Å². The number of carbonyl (C=O) groups is 3. The number of rotatable bonds is 16. The molecule has 0 bridgehead atoms. The van der Waals surface area contributed by atoms with Crippen molar-refractivity contribution in [3.63, 3.8) is 0 Å². The van der Waals surface area contributed by atoms with Crippen LogP contribution in [0.2, 0.25) is 0 Å². The smallest absolute Gasteiger partial charge is 0.338 e. The summed E-state index contributed by atoms with van der Waals surface area (Å²) in [5.41, 5.74) is 0.366. The first-order valence-electron chi connectivity index (χ1n) is 13.8. The van der Waals surface area contributed by atoms with Gasteiger partial charge in [0.05, 0.1) is 5.56 Å². The van der Waals surface area contributed by atoms with E-state index in [0.717, 1.165) is 32.7 Å². The zero-order valence-corrected chi connectivity index (χ0v) is 25.6. The normalized spacial score (nSPS) is 12.0. The minimum Gasteiger partial charge on any atom is -0.490 e. The molecule has 0 aliphatic heterocycles. The Balaban J connectivity index is 1.35. The molecular formula is C35H32O7S2. The minimum atomic E-state index is -0.643. The lowest BCUT2D eigenvalue weighted by Crippen LogP contribution is -2.27. The molecule has 2 unspecified atom stereocenters. The zero-order chi connectivity index (χ0) is 31.1. The lowest BCUT2D eigenvalue weighted by molar-refractivity contribution is -0.144. The molecule has 9 heteroatoms. The Morgan fingerprint density at radius 2 is 1.18 bits per heavy atom. The van der Waals surface area contributed by atoms with Crippen LogP contribution in [0.1, 0.15) is 10.4 Å². The third kappa shape index (κ3) is 10.4. The molecule has 0 saturated carbocycles. The summed E-state index contributed by atoms with van der Waals surface area (Å²) in [4.78, 5) is 38.7. The van der Waals surface area contributed by atoms with Gasteiger partial charge in [-0.1, -0.05) is 61.7 Å². The lowest BCUT2D eigenvalue weighted by atomic mass is 10.1. The van der Waals surface area contributed by atoms with E-state index in [4.69, 9.17) is 18.9 Å². The van der Waals surface area contributed by atoms with E-state index in [1.807, 2.05) is 72.8 Å². The summed E-state index contributed by atoms with van der Waals surface area (Å²) in [6.45, 7) is 6.99. The van der Waals surface area contributed by atoms with E-state index in [-0.39, 0.29) is 13.2 Å². The topological polar surface area (TPSA) is 88.1 Å². The van der Waals surface area contributed by atoms with Crippen LogP contribution in [0.4, 0.5) is 0 Å². The molecule has 0 heterocycles. The number of hydrogen-bond donors (Lipinski definition) is 0. The number of hydrogen-bond acceptors (Lipinski definition) is 9. The Hall–Kier alpha value is -4.47. The molecule has 0 saturated heterocycles. The number of carbonyl (C=O) groups excluding carboxylic acids is 3. The van der Waals surface area contributed by atoms with Gasteiger partial charge in [0, 0.05) is 33.4 Å². The molecule has 2 atom stereocenters. The standard InChI is InChI=1S/C35H32O7S2/c1-3-33(36)41-29(23-43-31-11-7-5-8-12-31)21-39-28-18-17-25-19-27(16-15-26(25)20-28)35(38)40-22-30(42-34(37)4-2)24-44-32-13-9-6-10-14-32/h3-20,29-30H,1-2,21-24H2. The maximum absolute atomic E-state index is 12.9. The van der Waals surface area contributed by atoms with Crippen LogP contribution < -0.4 is 4.74 Å². The van der Waals surface area contributed by atoms with Crippen LogP contribution in [0.5, 0.6) is 5.75 Å². The predicted molar refractivity (Wildman–Crippen MR) is 174 cm³/mol. The fourth-order valence-corrected chi connectivity index (χ4v) is 5.73. The van der Waals surface area contributed by atoms with Gasteiger partial charge >= 0.3 is 17.9 Å². The van der Waals surface area contributed by atoms with Crippen LogP contribution in [0.3, 0.4) is 0 Å². The molecule has 226 valence electrons. The van der Waals surface area contributed by atoms with Gasteiger partial charge in [0.15, 0.2) is 0 Å². The fraction of sp³-hybridized carbons (Fsp3) is 0.171. The van der Waals surface area contributed by atoms with Gasteiger partial charge in [0.1, 0.15) is 31.2 Å². The van der Waals surface area contributed by atoms with Gasteiger partial charge in [0.2, 0.25) is 0 Å². The molecule has 4 aromatic rings. The first-order valence-corrected chi connectivity index (χ1v) is 15.8. The number of ether oxygens (including phenoxy) is 4. The Bertz CT molecular complexity index is 1570. The molecular weight excluding hydrogens is 597 g/mol. The second-order valence-electron chi connectivity index (χ2n) is 9.41. The van der Waals surface area contributed by atoms with E-state index < -0.39 is 30.1 Å². The van der Waals surface area contributed by atoms with Crippen LogP contribution in [-0.4, -0.2) is 54.8 Å². The van der Waals surface area contributed by atoms with E-state index in [1.165, 1.54) is 11.8 Å². The molecule has 0 amide bonds. The van der Waals surface area contributed by atoms with Gasteiger partial charge in [-0.05, 0) is 59.3 Å². The highest BCUT2D eigenvalue weighted by atomic mass is 32.2. The van der Waals surface area contributed by atoms with Crippen molar-refractivity contribution in [2.45, 2.75) is 22.0 Å². The quantitative estimate of drug-likeness (QED) is 0.0555. The third-order valence-corrected chi connectivity index (χ3v) is 8.43. The Kier molecular flexibility index (Phi) is 12.5. The summed E-state index contributed by atoms with van der Waals surface area (Å²) >= 11 is 3.07. The van der Waals surface area contributed by atoms with E-state index in [1.54, 1.807) is 36.0 Å². The molecule has 0 aliphatic carbocycles. The maximum atomic E-state index is 12.9. The predicted octanol–water partition coefficient (Wildman–Crippen LogP) is 7.16. The van der Waals surface area contributed by atoms with Gasteiger partial charge in [-0.3, -0.25) is 0 Å². The molecule has 4 aromatic carbocycles. The summed E-state index contributed by atoms with van der Waals surface area (Å²) < 4.78 is 22.4. The van der Waals surface area contributed by atoms with Crippen LogP contribution in [0.25, 0.3) is 10.8 Å². The highest BCUT2D eigenvalue weighted by Crippen LogP contribution is 2.25. The van der Waals surface area contributed by atoms with Crippen molar-refractivity contribution < 1.29 is 33.3 Å². The van der Waals surface area contributed by atoms with Crippen molar-refractivity contribution in [3.8, 4) is 5.75 Å². The Labute approximate surface area is 265 Å². The van der Waals surface area contributed by atoms with Gasteiger partial charge in [-0.2, -0.15) is 0 Å². The van der Waals surface area contributed by atoms with E-state index in [9.17, 15) is 14.4 Å². The van der Waals surface area contributed by atoms with Crippen molar-refractivity contribution >= 4 is 52.2 Å². The van der Waals surface area contributed by atoms with Crippen LogP contribution in [0, 0.1) is 0 Å². The second kappa shape index (κ2) is 17.0. The molecule has 0 radical (unpaired) electrons. The fourth-order valence-electron chi connectivity index (χ4n) is 3.95. The lowest BCUT2D eigenvalue weighted by Gasteiger charge is -2.18. The van der Waals surface area contributed by atoms with Gasteiger partial charge in [-0.25, -0.2) is 14.4 Å². The van der Waals surface area contributed by atoms with Crippen LogP contribution >= 0.6 is 23.5 Å². The molecule has 7 nitrogen and oxygen atoms in total. The second-order valence-corrected chi connectivity index (χ2v) is 11.6. The Morgan fingerprint density at radius 1 is 0.659 bits per heavy atom. The SMILES string of the molecule is C=CC(=O)OC(COC(=O)c1ccc2cc(OCC(CSc3ccccc3)OC(=O)C=C)ccc2c1)CSc1ccccc1. The van der Waals surface area contributed by atoms with Crippen molar-refractivity contribution in [3.05, 3.63) is 128 Å². The number of fused-ring (bicyclic) bond motifs is 1. The summed E-state index contributed by atoms with van der Waals surface area (Å²) in [6, 6.07) is 30.2. The zero-order valence-electron chi connectivity index (χ0n) is 24.0. The molecule has 0 N–H and O–H groups in total. The molecule has 0 fully saturated rings.